The number of rotatable bonds is 7. The van der Waals surface area contributed by atoms with Crippen LogP contribution in [0.25, 0.3) is 0 Å². The second-order valence-corrected chi connectivity index (χ2v) is 8.09. The van der Waals surface area contributed by atoms with E-state index < -0.39 is 0 Å². The number of hydrogen-bond donors (Lipinski definition) is 1. The molecule has 0 bridgehead atoms. The molecule has 1 aliphatic rings. The lowest BCUT2D eigenvalue weighted by Gasteiger charge is -2.37. The second kappa shape index (κ2) is 8.65. The molecule has 8 heteroatoms. The molecule has 0 saturated carbocycles. The predicted molar refractivity (Wildman–Crippen MR) is 100 cm³/mol. The highest BCUT2D eigenvalue weighted by Gasteiger charge is 2.36. The van der Waals surface area contributed by atoms with Crippen molar-refractivity contribution >= 4 is 5.91 Å². The lowest BCUT2D eigenvalue weighted by molar-refractivity contribution is -0.940. The first-order valence-electron chi connectivity index (χ1n) is 9.90. The first kappa shape index (κ1) is 19.5. The maximum Gasteiger partial charge on any atom is 0.289 e. The number of aromatic nitrogens is 4. The van der Waals surface area contributed by atoms with Crippen LogP contribution in [0.15, 0.2) is 22.8 Å². The molecule has 0 spiro atoms. The van der Waals surface area contributed by atoms with Crippen LogP contribution in [0.3, 0.4) is 0 Å². The van der Waals surface area contributed by atoms with Crippen molar-refractivity contribution in [2.24, 2.45) is 11.8 Å². The Balaban J connectivity index is 1.67. The molecule has 2 aromatic rings. The molecule has 2 aromatic heterocycles. The van der Waals surface area contributed by atoms with Gasteiger partial charge in [-0.05, 0) is 34.9 Å². The highest BCUT2D eigenvalue weighted by atomic mass is 16.3. The van der Waals surface area contributed by atoms with Gasteiger partial charge in [0.25, 0.3) is 5.91 Å². The van der Waals surface area contributed by atoms with Gasteiger partial charge in [0.2, 0.25) is 5.82 Å². The van der Waals surface area contributed by atoms with Gasteiger partial charge in [0.15, 0.2) is 11.8 Å². The summed E-state index contributed by atoms with van der Waals surface area (Å²) in [6.45, 7) is 12.9. The molecule has 1 fully saturated rings. The quantitative estimate of drug-likeness (QED) is 0.782. The van der Waals surface area contributed by atoms with Crippen molar-refractivity contribution in [2.75, 3.05) is 26.2 Å². The average molecular weight is 375 g/mol. The highest BCUT2D eigenvalue weighted by molar-refractivity contribution is 5.91. The minimum Gasteiger partial charge on any atom is -0.459 e. The summed E-state index contributed by atoms with van der Waals surface area (Å²) < 4.78 is 7.22. The summed E-state index contributed by atoms with van der Waals surface area (Å²) in [5.74, 6) is 2.38. The molecule has 0 aliphatic carbocycles. The monoisotopic (exact) mass is 375 g/mol. The summed E-state index contributed by atoms with van der Waals surface area (Å²) in [7, 11) is 0. The third-order valence-corrected chi connectivity index (χ3v) is 5.29. The van der Waals surface area contributed by atoms with Gasteiger partial charge in [-0.2, -0.15) is 0 Å². The fourth-order valence-electron chi connectivity index (χ4n) is 3.79. The zero-order chi connectivity index (χ0) is 19.4. The molecule has 1 aliphatic heterocycles. The third kappa shape index (κ3) is 4.55. The molecule has 0 radical (unpaired) electrons. The molecule has 148 valence electrons. The lowest BCUT2D eigenvalue weighted by atomic mass is 10.0. The molecule has 0 unspecified atom stereocenters. The molecular formula is C19H31N6O2+. The van der Waals surface area contributed by atoms with Crippen molar-refractivity contribution in [3.63, 3.8) is 0 Å². The van der Waals surface area contributed by atoms with E-state index in [2.05, 4.69) is 43.2 Å². The van der Waals surface area contributed by atoms with Gasteiger partial charge < -0.3 is 14.2 Å². The number of carbonyl (C=O) groups is 1. The first-order chi connectivity index (χ1) is 13.0. The maximum atomic E-state index is 12.5. The largest absolute Gasteiger partial charge is 0.459 e. The van der Waals surface area contributed by atoms with Gasteiger partial charge >= 0.3 is 0 Å². The molecular weight excluding hydrogens is 344 g/mol. The molecule has 1 saturated heterocycles. The van der Waals surface area contributed by atoms with Gasteiger partial charge in [-0.25, -0.2) is 4.68 Å². The summed E-state index contributed by atoms with van der Waals surface area (Å²) in [5.41, 5.74) is 0. The number of tetrazole rings is 1. The van der Waals surface area contributed by atoms with E-state index in [4.69, 9.17) is 4.42 Å². The van der Waals surface area contributed by atoms with E-state index in [0.29, 0.717) is 30.7 Å². The van der Waals surface area contributed by atoms with Gasteiger partial charge in [0, 0.05) is 12.5 Å². The van der Waals surface area contributed by atoms with Gasteiger partial charge in [0.05, 0.1) is 32.4 Å². The molecule has 0 aromatic carbocycles. The van der Waals surface area contributed by atoms with E-state index in [-0.39, 0.29) is 11.9 Å². The van der Waals surface area contributed by atoms with Crippen LogP contribution < -0.4 is 4.90 Å². The summed E-state index contributed by atoms with van der Waals surface area (Å²) in [6, 6.07) is 3.70. The Kier molecular flexibility index (Phi) is 6.26. The second-order valence-electron chi connectivity index (χ2n) is 8.09. The smallest absolute Gasteiger partial charge is 0.289 e. The molecule has 3 rings (SSSR count). The molecule has 8 nitrogen and oxygen atoms in total. The fraction of sp³-hybridized carbons (Fsp3) is 0.684. The standard InChI is InChI=1S/C19H30N6O2/c1-14(2)7-8-25-18(20-21-22-25)17(15(3)4)23-9-11-24(12-10-23)19(26)16-6-5-13-27-16/h5-6,13-15,17H,7-12H2,1-4H3/p+1/t17-/m1/s1. The van der Waals surface area contributed by atoms with Gasteiger partial charge in [0.1, 0.15) is 0 Å². The molecule has 1 amide bonds. The summed E-state index contributed by atoms with van der Waals surface area (Å²) >= 11 is 0. The van der Waals surface area contributed by atoms with E-state index in [9.17, 15) is 4.79 Å². The maximum absolute atomic E-state index is 12.5. The van der Waals surface area contributed by atoms with Crippen molar-refractivity contribution in [3.8, 4) is 0 Å². The van der Waals surface area contributed by atoms with Crippen LogP contribution in [0.4, 0.5) is 0 Å². The number of hydrogen-bond acceptors (Lipinski definition) is 5. The van der Waals surface area contributed by atoms with E-state index in [1.165, 1.54) is 4.90 Å². The Morgan fingerprint density at radius 2 is 2.00 bits per heavy atom. The zero-order valence-corrected chi connectivity index (χ0v) is 16.8. The Hall–Kier alpha value is -2.22. The third-order valence-electron chi connectivity index (χ3n) is 5.29. The first-order valence-corrected chi connectivity index (χ1v) is 9.90. The molecule has 1 atom stereocenters. The minimum atomic E-state index is -0.0260. The zero-order valence-electron chi connectivity index (χ0n) is 16.8. The van der Waals surface area contributed by atoms with Crippen molar-refractivity contribution < 1.29 is 14.1 Å². The Bertz CT molecular complexity index is 716. The molecule has 1 N–H and O–H groups in total. The Morgan fingerprint density at radius 3 is 2.59 bits per heavy atom. The van der Waals surface area contributed by atoms with Gasteiger partial charge in [-0.15, -0.1) is 5.10 Å². The normalized spacial score (nSPS) is 17.0. The fourth-order valence-corrected chi connectivity index (χ4v) is 3.79. The van der Waals surface area contributed by atoms with Crippen LogP contribution in [0, 0.1) is 11.8 Å². The van der Waals surface area contributed by atoms with Crippen molar-refractivity contribution in [1.82, 2.24) is 25.1 Å². The van der Waals surface area contributed by atoms with Crippen LogP contribution in [0.1, 0.15) is 56.5 Å². The van der Waals surface area contributed by atoms with Crippen LogP contribution in [0.2, 0.25) is 0 Å². The van der Waals surface area contributed by atoms with E-state index >= 15 is 0 Å². The number of amides is 1. The average Bonchev–Trinajstić information content (AvgIpc) is 3.32. The topological polar surface area (TPSA) is 81.5 Å². The summed E-state index contributed by atoms with van der Waals surface area (Å²) in [6.07, 6.45) is 2.60. The van der Waals surface area contributed by atoms with Crippen LogP contribution in [-0.4, -0.2) is 57.2 Å². The van der Waals surface area contributed by atoms with E-state index in [1.807, 2.05) is 9.58 Å². The summed E-state index contributed by atoms with van der Waals surface area (Å²) in [5, 5.41) is 12.5. The molecule has 3 heterocycles. The minimum absolute atomic E-state index is 0.0260. The van der Waals surface area contributed by atoms with E-state index in [1.54, 1.807) is 18.4 Å². The van der Waals surface area contributed by atoms with Crippen molar-refractivity contribution in [3.05, 3.63) is 30.0 Å². The highest BCUT2D eigenvalue weighted by Crippen LogP contribution is 2.17. The van der Waals surface area contributed by atoms with Gasteiger partial charge in [-0.3, -0.25) is 4.79 Å². The number of quaternary nitrogens is 1. The number of nitrogens with one attached hydrogen (secondary N) is 1. The molecule has 27 heavy (non-hydrogen) atoms. The number of piperazine rings is 1. The van der Waals surface area contributed by atoms with Crippen molar-refractivity contribution in [1.29, 1.82) is 0 Å². The Labute approximate surface area is 160 Å². The summed E-state index contributed by atoms with van der Waals surface area (Å²) in [4.78, 5) is 15.8. The Morgan fingerprint density at radius 1 is 1.26 bits per heavy atom. The lowest BCUT2D eigenvalue weighted by Crippen LogP contribution is -3.15. The number of nitrogens with zero attached hydrogens (tertiary/aromatic N) is 5. The van der Waals surface area contributed by atoms with Crippen molar-refractivity contribution in [2.45, 2.75) is 46.7 Å². The van der Waals surface area contributed by atoms with Gasteiger partial charge in [-0.1, -0.05) is 27.7 Å². The van der Waals surface area contributed by atoms with Crippen LogP contribution in [-0.2, 0) is 6.54 Å². The number of furan rings is 1. The van der Waals surface area contributed by atoms with Crippen LogP contribution >= 0.6 is 0 Å². The SMILES string of the molecule is CC(C)CCn1nnnc1[C@@H](C(C)C)[NH+]1CCN(C(=O)c2ccco2)CC1. The van der Waals surface area contributed by atoms with Crippen LogP contribution in [0.5, 0.6) is 0 Å². The number of aryl methyl sites for hydroxylation is 1. The van der Waals surface area contributed by atoms with E-state index in [0.717, 1.165) is 31.9 Å². The predicted octanol–water partition coefficient (Wildman–Crippen LogP) is 1.05. The number of carbonyl (C=O) groups excluding carboxylic acids is 1.